The lowest BCUT2D eigenvalue weighted by Gasteiger charge is -2.33. The Morgan fingerprint density at radius 3 is 2.24 bits per heavy atom. The lowest BCUT2D eigenvalue weighted by molar-refractivity contribution is -0.140. The number of hydrogen-bond acceptors (Lipinski definition) is 5. The molecule has 0 aromatic heterocycles. The van der Waals surface area contributed by atoms with Gasteiger partial charge in [0, 0.05) is 23.1 Å². The molecule has 0 fully saturated rings. The Balaban J connectivity index is 2.06. The number of nitrogens with zero attached hydrogens (tertiary/aromatic N) is 2. The average molecular weight is 621 g/mol. The van der Waals surface area contributed by atoms with E-state index >= 15 is 0 Å². The van der Waals surface area contributed by atoms with E-state index in [-0.39, 0.29) is 33.1 Å². The van der Waals surface area contributed by atoms with Crippen molar-refractivity contribution in [2.24, 2.45) is 0 Å². The highest BCUT2D eigenvalue weighted by Crippen LogP contribution is 2.30. The first kappa shape index (κ1) is 32.2. The molecule has 2 amide bonds. The van der Waals surface area contributed by atoms with Crippen molar-refractivity contribution in [2.45, 2.75) is 50.6 Å². The molecule has 8 nitrogen and oxygen atoms in total. The van der Waals surface area contributed by atoms with Crippen molar-refractivity contribution in [3.8, 4) is 5.75 Å². The highest BCUT2D eigenvalue weighted by atomic mass is 35.5. The molecule has 11 heteroatoms. The van der Waals surface area contributed by atoms with Crippen molar-refractivity contribution < 1.29 is 22.7 Å². The van der Waals surface area contributed by atoms with E-state index in [1.165, 1.54) is 35.2 Å². The number of rotatable bonds is 14. The Kier molecular flexibility index (Phi) is 11.9. The summed E-state index contributed by atoms with van der Waals surface area (Å²) in [6, 6.07) is 18.5. The van der Waals surface area contributed by atoms with E-state index < -0.39 is 28.5 Å². The van der Waals surface area contributed by atoms with Crippen molar-refractivity contribution in [3.63, 3.8) is 0 Å². The largest absolute Gasteiger partial charge is 0.497 e. The molecule has 0 aliphatic rings. The maximum Gasteiger partial charge on any atom is 0.264 e. The molecule has 0 saturated carbocycles. The van der Waals surface area contributed by atoms with Crippen LogP contribution in [0.2, 0.25) is 10.0 Å². The molecule has 3 aromatic carbocycles. The van der Waals surface area contributed by atoms with Gasteiger partial charge in [0.1, 0.15) is 18.3 Å². The molecule has 1 N–H and O–H groups in total. The number of benzene rings is 3. The van der Waals surface area contributed by atoms with Crippen molar-refractivity contribution in [1.82, 2.24) is 10.2 Å². The molecule has 0 radical (unpaired) electrons. The Labute approximate surface area is 252 Å². The highest BCUT2D eigenvalue weighted by Gasteiger charge is 2.34. The van der Waals surface area contributed by atoms with Gasteiger partial charge in [0.05, 0.1) is 17.7 Å². The third-order valence-corrected chi connectivity index (χ3v) is 8.67. The average Bonchev–Trinajstić information content (AvgIpc) is 2.95. The molecule has 0 bridgehead atoms. The Morgan fingerprint density at radius 2 is 1.63 bits per heavy atom. The number of sulfonamides is 1. The topological polar surface area (TPSA) is 96.0 Å². The summed E-state index contributed by atoms with van der Waals surface area (Å²) in [5.74, 6) is -0.279. The van der Waals surface area contributed by atoms with Crippen LogP contribution >= 0.6 is 23.2 Å². The fourth-order valence-electron chi connectivity index (χ4n) is 4.32. The maximum atomic E-state index is 14.1. The van der Waals surface area contributed by atoms with E-state index in [2.05, 4.69) is 5.32 Å². The molecule has 41 heavy (non-hydrogen) atoms. The van der Waals surface area contributed by atoms with Crippen LogP contribution in [-0.2, 0) is 26.2 Å². The molecule has 0 aliphatic carbocycles. The molecule has 0 spiro atoms. The third-order valence-electron chi connectivity index (χ3n) is 6.45. The molecule has 0 saturated heterocycles. The van der Waals surface area contributed by atoms with Crippen LogP contribution in [0.3, 0.4) is 0 Å². The lowest BCUT2D eigenvalue weighted by Crippen LogP contribution is -2.52. The monoisotopic (exact) mass is 619 g/mol. The van der Waals surface area contributed by atoms with E-state index in [1.807, 2.05) is 19.9 Å². The number of unbranched alkanes of at least 4 members (excludes halogenated alkanes) is 1. The number of carbonyl (C=O) groups is 2. The maximum absolute atomic E-state index is 14.1. The van der Waals surface area contributed by atoms with Gasteiger partial charge in [0.15, 0.2) is 0 Å². The minimum absolute atomic E-state index is 0.00686. The van der Waals surface area contributed by atoms with Gasteiger partial charge in [0.25, 0.3) is 10.0 Å². The predicted octanol–water partition coefficient (Wildman–Crippen LogP) is 5.92. The standard InChI is InChI=1S/C30H35Cl2N3O5S/c1-4-6-15-33-30(37)28(5-2)34(20-22-11-10-12-26(16-22)40-3)29(36)21-35(25-18-23(31)17-24(32)19-25)41(38,39)27-13-8-7-9-14-27/h7-14,16-19,28H,4-6,15,20-21H2,1-3H3,(H,33,37)/t28-/m0/s1. The number of hydrogen-bond donors (Lipinski definition) is 1. The smallest absolute Gasteiger partial charge is 0.264 e. The van der Waals surface area contributed by atoms with E-state index in [0.29, 0.717) is 18.7 Å². The van der Waals surface area contributed by atoms with Crippen molar-refractivity contribution in [2.75, 3.05) is 24.5 Å². The van der Waals surface area contributed by atoms with E-state index in [0.717, 1.165) is 22.7 Å². The highest BCUT2D eigenvalue weighted by molar-refractivity contribution is 7.92. The number of ether oxygens (including phenoxy) is 1. The van der Waals surface area contributed by atoms with Gasteiger partial charge in [-0.3, -0.25) is 13.9 Å². The van der Waals surface area contributed by atoms with Gasteiger partial charge in [-0.25, -0.2) is 8.42 Å². The molecule has 220 valence electrons. The summed E-state index contributed by atoms with van der Waals surface area (Å²) in [6.07, 6.45) is 2.02. The van der Waals surface area contributed by atoms with Crippen molar-refractivity contribution in [3.05, 3.63) is 88.4 Å². The molecule has 3 aromatic rings. The number of halogens is 2. The number of anilines is 1. The zero-order chi connectivity index (χ0) is 30.0. The summed E-state index contributed by atoms with van der Waals surface area (Å²) in [6.45, 7) is 3.78. The van der Waals surface area contributed by atoms with Gasteiger partial charge in [0.2, 0.25) is 11.8 Å². The molecule has 0 unspecified atom stereocenters. The Morgan fingerprint density at radius 1 is 0.951 bits per heavy atom. The van der Waals surface area contributed by atoms with Crippen LogP contribution in [0.25, 0.3) is 0 Å². The van der Waals surface area contributed by atoms with Crippen LogP contribution in [0.15, 0.2) is 77.7 Å². The van der Waals surface area contributed by atoms with Crippen LogP contribution < -0.4 is 14.4 Å². The minimum atomic E-state index is -4.22. The van der Waals surface area contributed by atoms with Gasteiger partial charge in [-0.1, -0.05) is 73.8 Å². The van der Waals surface area contributed by atoms with E-state index in [4.69, 9.17) is 27.9 Å². The Hall–Kier alpha value is -3.27. The molecule has 3 rings (SSSR count). The van der Waals surface area contributed by atoms with Crippen LogP contribution in [0, 0.1) is 0 Å². The molecular weight excluding hydrogens is 585 g/mol. The zero-order valence-electron chi connectivity index (χ0n) is 23.3. The van der Waals surface area contributed by atoms with Gasteiger partial charge in [-0.05, 0) is 60.9 Å². The molecular formula is C30H35Cl2N3O5S. The van der Waals surface area contributed by atoms with Gasteiger partial charge in [-0.2, -0.15) is 0 Å². The number of amides is 2. The number of carbonyl (C=O) groups excluding carboxylic acids is 2. The zero-order valence-corrected chi connectivity index (χ0v) is 25.7. The quantitative estimate of drug-likeness (QED) is 0.226. The minimum Gasteiger partial charge on any atom is -0.497 e. The SMILES string of the molecule is CCCCNC(=O)[C@H](CC)N(Cc1cccc(OC)c1)C(=O)CN(c1cc(Cl)cc(Cl)c1)S(=O)(=O)c1ccccc1. The lowest BCUT2D eigenvalue weighted by atomic mass is 10.1. The molecule has 1 atom stereocenters. The second kappa shape index (κ2) is 15.1. The molecule has 0 heterocycles. The third kappa shape index (κ3) is 8.61. The van der Waals surface area contributed by atoms with Crippen molar-refractivity contribution >= 4 is 50.7 Å². The van der Waals surface area contributed by atoms with Crippen LogP contribution in [0.4, 0.5) is 5.69 Å². The van der Waals surface area contributed by atoms with E-state index in [9.17, 15) is 18.0 Å². The second-order valence-electron chi connectivity index (χ2n) is 9.39. The fraction of sp³-hybridized carbons (Fsp3) is 0.333. The van der Waals surface area contributed by atoms with Crippen LogP contribution in [-0.4, -0.2) is 51.4 Å². The predicted molar refractivity (Wildman–Crippen MR) is 163 cm³/mol. The first-order valence-electron chi connectivity index (χ1n) is 13.3. The summed E-state index contributed by atoms with van der Waals surface area (Å²) in [5.41, 5.74) is 0.849. The van der Waals surface area contributed by atoms with Crippen LogP contribution in [0.1, 0.15) is 38.7 Å². The first-order valence-corrected chi connectivity index (χ1v) is 15.5. The Bertz CT molecular complexity index is 1420. The van der Waals surface area contributed by atoms with Crippen molar-refractivity contribution in [1.29, 1.82) is 0 Å². The number of methoxy groups -OCH3 is 1. The van der Waals surface area contributed by atoms with Gasteiger partial charge in [-0.15, -0.1) is 0 Å². The summed E-state index contributed by atoms with van der Waals surface area (Å²) in [7, 11) is -2.68. The van der Waals surface area contributed by atoms with Gasteiger partial charge < -0.3 is 15.0 Å². The number of nitrogens with one attached hydrogen (secondary N) is 1. The first-order chi connectivity index (χ1) is 19.6. The fourth-order valence-corrected chi connectivity index (χ4v) is 6.26. The summed E-state index contributed by atoms with van der Waals surface area (Å²) >= 11 is 12.5. The van der Waals surface area contributed by atoms with Gasteiger partial charge >= 0.3 is 0 Å². The molecule has 0 aliphatic heterocycles. The second-order valence-corrected chi connectivity index (χ2v) is 12.1. The normalized spacial score (nSPS) is 11.9. The summed E-state index contributed by atoms with van der Waals surface area (Å²) in [5, 5.41) is 3.33. The van der Waals surface area contributed by atoms with E-state index in [1.54, 1.807) is 43.5 Å². The summed E-state index contributed by atoms with van der Waals surface area (Å²) < 4.78 is 34.1. The van der Waals surface area contributed by atoms with Crippen LogP contribution in [0.5, 0.6) is 5.75 Å². The summed E-state index contributed by atoms with van der Waals surface area (Å²) in [4.78, 5) is 28.8.